The van der Waals surface area contributed by atoms with Crippen molar-refractivity contribution in [2.45, 2.75) is 18.7 Å². The van der Waals surface area contributed by atoms with E-state index in [-0.39, 0.29) is 28.9 Å². The van der Waals surface area contributed by atoms with Crippen LogP contribution in [-0.4, -0.2) is 37.9 Å². The smallest absolute Gasteiger partial charge is 0.269 e. The number of nitro groups is 1. The van der Waals surface area contributed by atoms with Crippen LogP contribution in [0.15, 0.2) is 46.7 Å². The number of carbonyl (C=O) groups excluding carboxylic acids is 1. The number of non-ortho nitro benzene ring substituents is 1. The predicted octanol–water partition coefficient (Wildman–Crippen LogP) is 3.12. The predicted molar refractivity (Wildman–Crippen MR) is 110 cm³/mol. The highest BCUT2D eigenvalue weighted by Crippen LogP contribution is 2.24. The van der Waals surface area contributed by atoms with Gasteiger partial charge in [0.15, 0.2) is 4.96 Å². The molecule has 0 spiro atoms. The number of nitrogens with zero attached hydrogens (tertiary/aromatic N) is 4. The average molecular weight is 419 g/mol. The lowest BCUT2D eigenvalue weighted by atomic mass is 10.1. The van der Waals surface area contributed by atoms with Crippen molar-refractivity contribution < 1.29 is 9.72 Å². The monoisotopic (exact) mass is 418 g/mol. The van der Waals surface area contributed by atoms with Gasteiger partial charge >= 0.3 is 0 Å². The number of thiazole rings is 1. The van der Waals surface area contributed by atoms with E-state index >= 15 is 0 Å². The summed E-state index contributed by atoms with van der Waals surface area (Å²) in [4.78, 5) is 41.6. The number of rotatable bonds is 7. The molecule has 2 aromatic heterocycles. The fourth-order valence-electron chi connectivity index (χ4n) is 2.64. The Hall–Kier alpha value is -2.72. The number of thioether (sulfide) groups is 1. The number of nitro benzene ring substituents is 1. The number of amides is 1. The molecule has 1 atom stereocenters. The van der Waals surface area contributed by atoms with Gasteiger partial charge in [0, 0.05) is 42.6 Å². The summed E-state index contributed by atoms with van der Waals surface area (Å²) in [5.41, 5.74) is 1.21. The van der Waals surface area contributed by atoms with Crippen molar-refractivity contribution >= 4 is 39.7 Å². The first-order valence-electron chi connectivity index (χ1n) is 8.40. The van der Waals surface area contributed by atoms with Crippen LogP contribution in [0.25, 0.3) is 4.96 Å². The van der Waals surface area contributed by atoms with Gasteiger partial charge in [-0.3, -0.25) is 24.1 Å². The highest BCUT2D eigenvalue weighted by molar-refractivity contribution is 7.99. The largest absolute Gasteiger partial charge is 0.338 e. The van der Waals surface area contributed by atoms with E-state index in [4.69, 9.17) is 0 Å². The van der Waals surface area contributed by atoms with E-state index in [1.807, 2.05) is 6.92 Å². The molecule has 0 N–H and O–H groups in total. The molecule has 0 aliphatic heterocycles. The number of hydrogen-bond donors (Lipinski definition) is 0. The summed E-state index contributed by atoms with van der Waals surface area (Å²) >= 11 is 2.76. The van der Waals surface area contributed by atoms with Gasteiger partial charge in [0.05, 0.1) is 22.4 Å². The van der Waals surface area contributed by atoms with Gasteiger partial charge in [0.2, 0.25) is 5.91 Å². The Kier molecular flexibility index (Phi) is 6.10. The average Bonchev–Trinajstić information content (AvgIpc) is 3.16. The Morgan fingerprint density at radius 1 is 1.43 bits per heavy atom. The highest BCUT2D eigenvalue weighted by atomic mass is 32.2. The maximum Gasteiger partial charge on any atom is 0.269 e. The topological polar surface area (TPSA) is 97.8 Å². The molecule has 1 aromatic carbocycles. The van der Waals surface area contributed by atoms with E-state index in [9.17, 15) is 19.7 Å². The van der Waals surface area contributed by atoms with Crippen LogP contribution in [0, 0.1) is 10.1 Å². The molecule has 1 unspecified atom stereocenters. The van der Waals surface area contributed by atoms with Crippen molar-refractivity contribution in [1.82, 2.24) is 14.3 Å². The molecule has 0 aliphatic rings. The standard InChI is InChI=1S/C18H18N4O4S2/c1-12(13-4-3-5-15(8-13)22(25)26)20(2)17(24)11-27-10-14-9-16(23)21-6-7-28-18(21)19-14/h3-9,12H,10-11H2,1-2H3. The number of carbonyl (C=O) groups is 1. The van der Waals surface area contributed by atoms with Crippen LogP contribution in [0.1, 0.15) is 24.2 Å². The molecule has 8 nitrogen and oxygen atoms in total. The highest BCUT2D eigenvalue weighted by Gasteiger charge is 2.19. The fraction of sp³-hybridized carbons (Fsp3) is 0.278. The minimum atomic E-state index is -0.451. The zero-order chi connectivity index (χ0) is 20.3. The van der Waals surface area contributed by atoms with E-state index in [1.54, 1.807) is 35.7 Å². The molecule has 0 fully saturated rings. The lowest BCUT2D eigenvalue weighted by molar-refractivity contribution is -0.384. The molecule has 3 aromatic rings. The number of benzene rings is 1. The Morgan fingerprint density at radius 2 is 2.21 bits per heavy atom. The first kappa shape index (κ1) is 20.0. The van der Waals surface area contributed by atoms with E-state index in [1.165, 1.54) is 45.7 Å². The third-order valence-electron chi connectivity index (χ3n) is 4.37. The summed E-state index contributed by atoms with van der Waals surface area (Å²) in [6, 6.07) is 7.47. The summed E-state index contributed by atoms with van der Waals surface area (Å²) in [5, 5.41) is 12.7. The van der Waals surface area contributed by atoms with Gasteiger partial charge in [0.25, 0.3) is 11.2 Å². The van der Waals surface area contributed by atoms with E-state index in [2.05, 4.69) is 4.98 Å². The minimum Gasteiger partial charge on any atom is -0.338 e. The van der Waals surface area contributed by atoms with Gasteiger partial charge in [-0.2, -0.15) is 0 Å². The first-order chi connectivity index (χ1) is 13.4. The van der Waals surface area contributed by atoms with Crippen molar-refractivity contribution in [3.8, 4) is 0 Å². The van der Waals surface area contributed by atoms with Crippen molar-refractivity contribution in [3.63, 3.8) is 0 Å². The molecule has 0 saturated heterocycles. The third kappa shape index (κ3) is 4.39. The van der Waals surface area contributed by atoms with Crippen LogP contribution in [-0.2, 0) is 10.5 Å². The molecule has 28 heavy (non-hydrogen) atoms. The summed E-state index contributed by atoms with van der Waals surface area (Å²) < 4.78 is 1.48. The molecule has 1 amide bonds. The second kappa shape index (κ2) is 8.53. The van der Waals surface area contributed by atoms with Crippen molar-refractivity contribution in [1.29, 1.82) is 0 Å². The summed E-state index contributed by atoms with van der Waals surface area (Å²) in [6.07, 6.45) is 1.68. The summed E-state index contributed by atoms with van der Waals surface area (Å²) in [7, 11) is 1.68. The molecule has 0 bridgehead atoms. The van der Waals surface area contributed by atoms with E-state index < -0.39 is 4.92 Å². The maximum absolute atomic E-state index is 12.5. The lowest BCUT2D eigenvalue weighted by Crippen LogP contribution is -2.31. The van der Waals surface area contributed by atoms with Gasteiger partial charge in [-0.05, 0) is 12.5 Å². The number of hydrogen-bond acceptors (Lipinski definition) is 7. The minimum absolute atomic E-state index is 0.000838. The Morgan fingerprint density at radius 3 is 2.96 bits per heavy atom. The van der Waals surface area contributed by atoms with Gasteiger partial charge in [-0.25, -0.2) is 4.98 Å². The quantitative estimate of drug-likeness (QED) is 0.432. The zero-order valence-corrected chi connectivity index (χ0v) is 16.9. The van der Waals surface area contributed by atoms with Gasteiger partial charge in [-0.15, -0.1) is 23.1 Å². The molecular formula is C18H18N4O4S2. The lowest BCUT2D eigenvalue weighted by Gasteiger charge is -2.25. The van der Waals surface area contributed by atoms with Crippen LogP contribution < -0.4 is 5.56 Å². The van der Waals surface area contributed by atoms with Gasteiger partial charge in [0.1, 0.15) is 0 Å². The second-order valence-corrected chi connectivity index (χ2v) is 8.03. The van der Waals surface area contributed by atoms with Crippen LogP contribution in [0.5, 0.6) is 0 Å². The van der Waals surface area contributed by atoms with Crippen molar-refractivity contribution in [2.75, 3.05) is 12.8 Å². The van der Waals surface area contributed by atoms with Gasteiger partial charge in [-0.1, -0.05) is 12.1 Å². The van der Waals surface area contributed by atoms with E-state index in [0.29, 0.717) is 22.0 Å². The SMILES string of the molecule is CC(c1cccc([N+](=O)[O-])c1)N(C)C(=O)CSCc1cc(=O)n2ccsc2n1. The Balaban J connectivity index is 1.59. The summed E-state index contributed by atoms with van der Waals surface area (Å²) in [6.45, 7) is 1.83. The molecular weight excluding hydrogens is 400 g/mol. The van der Waals surface area contributed by atoms with Crippen LogP contribution in [0.4, 0.5) is 5.69 Å². The van der Waals surface area contributed by atoms with Crippen LogP contribution >= 0.6 is 23.1 Å². The Labute approximate surface area is 169 Å². The summed E-state index contributed by atoms with van der Waals surface area (Å²) in [5.74, 6) is 0.577. The van der Waals surface area contributed by atoms with E-state index in [0.717, 1.165) is 0 Å². The second-order valence-electron chi connectivity index (χ2n) is 6.17. The van der Waals surface area contributed by atoms with Crippen molar-refractivity contribution in [3.05, 3.63) is 73.6 Å². The van der Waals surface area contributed by atoms with Crippen LogP contribution in [0.2, 0.25) is 0 Å². The molecule has 0 radical (unpaired) electrons. The van der Waals surface area contributed by atoms with Crippen molar-refractivity contribution in [2.24, 2.45) is 0 Å². The number of aromatic nitrogens is 2. The molecule has 10 heteroatoms. The third-order valence-corrected chi connectivity index (χ3v) is 6.08. The maximum atomic E-state index is 12.5. The van der Waals surface area contributed by atoms with Gasteiger partial charge < -0.3 is 4.90 Å². The van der Waals surface area contributed by atoms with Crippen LogP contribution in [0.3, 0.4) is 0 Å². The zero-order valence-electron chi connectivity index (χ0n) is 15.3. The Bertz CT molecular complexity index is 1080. The molecule has 0 saturated carbocycles. The molecule has 2 heterocycles. The normalized spacial score (nSPS) is 12.1. The molecule has 3 rings (SSSR count). The fourth-order valence-corrected chi connectivity index (χ4v) is 4.22. The molecule has 0 aliphatic carbocycles. The first-order valence-corrected chi connectivity index (χ1v) is 10.4. The number of fused-ring (bicyclic) bond motifs is 1. The molecule has 146 valence electrons.